The number of fused-ring (bicyclic) bond motifs is 1. The highest BCUT2D eigenvalue weighted by Gasteiger charge is 2.16. The first kappa shape index (κ1) is 11.2. The average Bonchev–Trinajstić information content (AvgIpc) is 2.28. The standard InChI is InChI=1S/C12H13NO2S/c14-11(5-6-16)9-1-3-10-8(7-9)2-4-12(15)13-10/h1,3,7,16H,2,4-6H2,(H,13,15). The van der Waals surface area contributed by atoms with Crippen molar-refractivity contribution in [1.82, 2.24) is 0 Å². The SMILES string of the molecule is O=C1CCc2cc(C(=O)CCS)ccc2N1. The Bertz CT molecular complexity index is 443. The molecule has 0 saturated carbocycles. The van der Waals surface area contributed by atoms with E-state index >= 15 is 0 Å². The number of benzene rings is 1. The molecular formula is C12H13NO2S. The zero-order valence-corrected chi connectivity index (χ0v) is 9.72. The highest BCUT2D eigenvalue weighted by molar-refractivity contribution is 7.80. The number of amides is 1. The summed E-state index contributed by atoms with van der Waals surface area (Å²) in [5.74, 6) is 0.712. The van der Waals surface area contributed by atoms with Crippen molar-refractivity contribution in [2.75, 3.05) is 11.1 Å². The van der Waals surface area contributed by atoms with Crippen LogP contribution in [0.2, 0.25) is 0 Å². The topological polar surface area (TPSA) is 46.2 Å². The van der Waals surface area contributed by atoms with E-state index < -0.39 is 0 Å². The average molecular weight is 235 g/mol. The van der Waals surface area contributed by atoms with Crippen molar-refractivity contribution in [3.05, 3.63) is 29.3 Å². The van der Waals surface area contributed by atoms with E-state index in [9.17, 15) is 9.59 Å². The maximum absolute atomic E-state index is 11.7. The molecule has 0 bridgehead atoms. The summed E-state index contributed by atoms with van der Waals surface area (Å²) in [5.41, 5.74) is 2.59. The summed E-state index contributed by atoms with van der Waals surface area (Å²) in [4.78, 5) is 22.8. The first-order chi connectivity index (χ1) is 7.70. The van der Waals surface area contributed by atoms with Gasteiger partial charge in [-0.15, -0.1) is 0 Å². The van der Waals surface area contributed by atoms with E-state index in [0.717, 1.165) is 11.3 Å². The molecule has 0 spiro atoms. The summed E-state index contributed by atoms with van der Waals surface area (Å²) in [6.45, 7) is 0. The van der Waals surface area contributed by atoms with E-state index in [1.807, 2.05) is 6.07 Å². The number of anilines is 1. The third-order valence-electron chi connectivity index (χ3n) is 2.66. The minimum absolute atomic E-state index is 0.0435. The van der Waals surface area contributed by atoms with Crippen LogP contribution in [-0.2, 0) is 11.2 Å². The fourth-order valence-electron chi connectivity index (χ4n) is 1.80. The number of rotatable bonds is 3. The second-order valence-corrected chi connectivity index (χ2v) is 4.26. The Labute approximate surface area is 99.6 Å². The molecule has 0 fully saturated rings. The van der Waals surface area contributed by atoms with Crippen LogP contribution in [0.25, 0.3) is 0 Å². The van der Waals surface area contributed by atoms with Crippen molar-refractivity contribution in [1.29, 1.82) is 0 Å². The second-order valence-electron chi connectivity index (χ2n) is 3.82. The molecule has 0 aliphatic carbocycles. The van der Waals surface area contributed by atoms with Gasteiger partial charge in [-0.05, 0) is 35.9 Å². The summed E-state index contributed by atoms with van der Waals surface area (Å²) >= 11 is 4.04. The number of carbonyl (C=O) groups excluding carboxylic acids is 2. The van der Waals surface area contributed by atoms with Crippen LogP contribution < -0.4 is 5.32 Å². The highest BCUT2D eigenvalue weighted by Crippen LogP contribution is 2.24. The van der Waals surface area contributed by atoms with Gasteiger partial charge < -0.3 is 5.32 Å². The number of carbonyl (C=O) groups is 2. The van der Waals surface area contributed by atoms with Crippen LogP contribution >= 0.6 is 12.6 Å². The summed E-state index contributed by atoms with van der Waals surface area (Å²) in [7, 11) is 0. The van der Waals surface area contributed by atoms with E-state index in [-0.39, 0.29) is 11.7 Å². The normalized spacial score (nSPS) is 14.2. The lowest BCUT2D eigenvalue weighted by Crippen LogP contribution is -2.19. The van der Waals surface area contributed by atoms with Gasteiger partial charge in [-0.2, -0.15) is 12.6 Å². The van der Waals surface area contributed by atoms with Crippen molar-refractivity contribution in [2.24, 2.45) is 0 Å². The van der Waals surface area contributed by atoms with E-state index in [2.05, 4.69) is 17.9 Å². The van der Waals surface area contributed by atoms with E-state index in [1.54, 1.807) is 12.1 Å². The summed E-state index contributed by atoms with van der Waals surface area (Å²) in [6, 6.07) is 5.44. The number of nitrogens with one attached hydrogen (secondary N) is 1. The van der Waals surface area contributed by atoms with Crippen LogP contribution in [0.4, 0.5) is 5.69 Å². The largest absolute Gasteiger partial charge is 0.326 e. The number of hydrogen-bond acceptors (Lipinski definition) is 3. The molecule has 1 heterocycles. The number of hydrogen-bond donors (Lipinski definition) is 2. The van der Waals surface area contributed by atoms with Gasteiger partial charge in [0.05, 0.1) is 0 Å². The summed E-state index contributed by atoms with van der Waals surface area (Å²) < 4.78 is 0. The number of aryl methyl sites for hydroxylation is 1. The van der Waals surface area contributed by atoms with Crippen molar-refractivity contribution < 1.29 is 9.59 Å². The van der Waals surface area contributed by atoms with Gasteiger partial charge in [-0.25, -0.2) is 0 Å². The Morgan fingerprint density at radius 1 is 1.38 bits per heavy atom. The first-order valence-electron chi connectivity index (χ1n) is 5.27. The van der Waals surface area contributed by atoms with Gasteiger partial charge in [0.2, 0.25) is 5.91 Å². The third-order valence-corrected chi connectivity index (χ3v) is 2.89. The maximum atomic E-state index is 11.7. The molecule has 0 unspecified atom stereocenters. The van der Waals surface area contributed by atoms with Crippen molar-refractivity contribution >= 4 is 30.0 Å². The molecule has 1 N–H and O–H groups in total. The molecule has 1 aromatic carbocycles. The van der Waals surface area contributed by atoms with Crippen LogP contribution in [0, 0.1) is 0 Å². The molecule has 0 aromatic heterocycles. The van der Waals surface area contributed by atoms with Gasteiger partial charge in [-0.3, -0.25) is 9.59 Å². The van der Waals surface area contributed by atoms with Crippen LogP contribution in [0.5, 0.6) is 0 Å². The quantitative estimate of drug-likeness (QED) is 0.622. The lowest BCUT2D eigenvalue weighted by Gasteiger charge is -2.17. The molecular weight excluding hydrogens is 222 g/mol. The lowest BCUT2D eigenvalue weighted by molar-refractivity contribution is -0.116. The molecule has 0 radical (unpaired) electrons. The van der Waals surface area contributed by atoms with Gasteiger partial charge in [0.1, 0.15) is 0 Å². The Kier molecular flexibility index (Phi) is 3.29. The Morgan fingerprint density at radius 3 is 2.94 bits per heavy atom. The summed E-state index contributed by atoms with van der Waals surface area (Å²) in [5, 5.41) is 2.79. The summed E-state index contributed by atoms with van der Waals surface area (Å²) in [6.07, 6.45) is 1.66. The fraction of sp³-hybridized carbons (Fsp3) is 0.333. The molecule has 3 nitrogen and oxygen atoms in total. The molecule has 2 rings (SSSR count). The predicted molar refractivity (Wildman–Crippen MR) is 66.2 cm³/mol. The zero-order valence-electron chi connectivity index (χ0n) is 8.82. The third kappa shape index (κ3) is 2.27. The Morgan fingerprint density at radius 2 is 2.19 bits per heavy atom. The van der Waals surface area contributed by atoms with Gasteiger partial charge in [-0.1, -0.05) is 0 Å². The highest BCUT2D eigenvalue weighted by atomic mass is 32.1. The minimum Gasteiger partial charge on any atom is -0.326 e. The van der Waals surface area contributed by atoms with Crippen LogP contribution in [0.1, 0.15) is 28.8 Å². The van der Waals surface area contributed by atoms with Crippen LogP contribution in [-0.4, -0.2) is 17.4 Å². The van der Waals surface area contributed by atoms with Crippen LogP contribution in [0.3, 0.4) is 0 Å². The van der Waals surface area contributed by atoms with E-state index in [4.69, 9.17) is 0 Å². The van der Waals surface area contributed by atoms with Gasteiger partial charge in [0, 0.05) is 24.1 Å². The fourth-order valence-corrected chi connectivity index (χ4v) is 2.01. The molecule has 1 aliphatic heterocycles. The molecule has 16 heavy (non-hydrogen) atoms. The molecule has 4 heteroatoms. The van der Waals surface area contributed by atoms with Gasteiger partial charge in [0.15, 0.2) is 5.78 Å². The molecule has 1 aromatic rings. The van der Waals surface area contributed by atoms with Crippen molar-refractivity contribution in [3.63, 3.8) is 0 Å². The minimum atomic E-state index is 0.0435. The number of thiol groups is 1. The Hall–Kier alpha value is -1.29. The molecule has 1 amide bonds. The lowest BCUT2D eigenvalue weighted by atomic mass is 9.98. The predicted octanol–water partition coefficient (Wildman–Crippen LogP) is 2.07. The van der Waals surface area contributed by atoms with E-state index in [0.29, 0.717) is 30.6 Å². The molecule has 0 atom stereocenters. The Balaban J connectivity index is 2.26. The van der Waals surface area contributed by atoms with E-state index in [1.165, 1.54) is 0 Å². The maximum Gasteiger partial charge on any atom is 0.224 e. The van der Waals surface area contributed by atoms with Crippen molar-refractivity contribution in [2.45, 2.75) is 19.3 Å². The second kappa shape index (κ2) is 4.70. The zero-order chi connectivity index (χ0) is 11.5. The number of ketones is 1. The first-order valence-corrected chi connectivity index (χ1v) is 5.91. The molecule has 0 saturated heterocycles. The van der Waals surface area contributed by atoms with Crippen LogP contribution in [0.15, 0.2) is 18.2 Å². The number of Topliss-reactive ketones (excluding diaryl/α,β-unsaturated/α-hetero) is 1. The smallest absolute Gasteiger partial charge is 0.224 e. The van der Waals surface area contributed by atoms with Gasteiger partial charge >= 0.3 is 0 Å². The molecule has 1 aliphatic rings. The monoisotopic (exact) mass is 235 g/mol. The van der Waals surface area contributed by atoms with Crippen molar-refractivity contribution in [3.8, 4) is 0 Å². The van der Waals surface area contributed by atoms with Gasteiger partial charge in [0.25, 0.3) is 0 Å². The molecule has 84 valence electrons.